The number of piperidine rings is 1. The minimum Gasteiger partial charge on any atom is -0.368 e. The van der Waals surface area contributed by atoms with Crippen LogP contribution in [0.4, 0.5) is 0 Å². The average molecular weight is 331 g/mol. The second-order valence-electron chi connectivity index (χ2n) is 5.17. The zero-order valence-electron chi connectivity index (χ0n) is 12.0. The van der Waals surface area contributed by atoms with E-state index in [4.69, 9.17) is 27.9 Å². The molecule has 0 radical (unpaired) electrons. The number of benzene rings is 1. The second kappa shape index (κ2) is 7.45. The molecule has 4 nitrogen and oxygen atoms in total. The highest BCUT2D eigenvalue weighted by molar-refractivity contribution is 6.42. The van der Waals surface area contributed by atoms with Crippen LogP contribution in [0, 0.1) is 0 Å². The van der Waals surface area contributed by atoms with Gasteiger partial charge in [-0.25, -0.2) is 0 Å². The molecule has 0 bridgehead atoms. The van der Waals surface area contributed by atoms with E-state index in [-0.39, 0.29) is 5.91 Å². The molecule has 0 spiro atoms. The highest BCUT2D eigenvalue weighted by Crippen LogP contribution is 2.26. The maximum Gasteiger partial charge on any atom is 0.252 e. The number of hydrogen-bond acceptors (Lipinski definition) is 3. The van der Waals surface area contributed by atoms with Gasteiger partial charge in [0.25, 0.3) is 5.91 Å². The van der Waals surface area contributed by atoms with Gasteiger partial charge in [0.1, 0.15) is 5.60 Å². The SMILES string of the molecule is COC1(C(=O)NCCc2cccc(Cl)c2Cl)CCNCC1. The Morgan fingerprint density at radius 2 is 2.10 bits per heavy atom. The molecule has 0 aliphatic carbocycles. The number of amides is 1. The minimum atomic E-state index is -0.705. The zero-order chi connectivity index (χ0) is 15.3. The van der Waals surface area contributed by atoms with Crippen LogP contribution in [0.1, 0.15) is 18.4 Å². The summed E-state index contributed by atoms with van der Waals surface area (Å²) in [5.41, 5.74) is 0.227. The lowest BCUT2D eigenvalue weighted by atomic mass is 9.91. The molecule has 0 atom stereocenters. The third-order valence-corrected chi connectivity index (χ3v) is 4.79. The Labute approximate surface area is 135 Å². The third-order valence-electron chi connectivity index (χ3n) is 3.93. The summed E-state index contributed by atoms with van der Waals surface area (Å²) in [6.45, 7) is 2.10. The number of carbonyl (C=O) groups excluding carboxylic acids is 1. The van der Waals surface area contributed by atoms with E-state index in [9.17, 15) is 4.79 Å². The van der Waals surface area contributed by atoms with E-state index >= 15 is 0 Å². The van der Waals surface area contributed by atoms with Crippen molar-refractivity contribution in [3.8, 4) is 0 Å². The molecule has 0 aromatic heterocycles. The van der Waals surface area contributed by atoms with E-state index in [0.29, 0.717) is 35.9 Å². The topological polar surface area (TPSA) is 50.4 Å². The smallest absolute Gasteiger partial charge is 0.252 e. The van der Waals surface area contributed by atoms with E-state index in [1.807, 2.05) is 12.1 Å². The fraction of sp³-hybridized carbons (Fsp3) is 0.533. The Morgan fingerprint density at radius 3 is 2.76 bits per heavy atom. The molecule has 0 saturated carbocycles. The van der Waals surface area contributed by atoms with Gasteiger partial charge in [-0.05, 0) is 44.0 Å². The van der Waals surface area contributed by atoms with Crippen LogP contribution in [-0.2, 0) is 16.0 Å². The highest BCUT2D eigenvalue weighted by atomic mass is 35.5. The van der Waals surface area contributed by atoms with Crippen molar-refractivity contribution in [2.75, 3.05) is 26.7 Å². The summed E-state index contributed by atoms with van der Waals surface area (Å²) in [7, 11) is 1.60. The Bertz CT molecular complexity index is 502. The van der Waals surface area contributed by atoms with Crippen molar-refractivity contribution in [1.29, 1.82) is 0 Å². The molecule has 2 N–H and O–H groups in total. The molecule has 1 heterocycles. The molecule has 116 valence electrons. The van der Waals surface area contributed by atoms with E-state index < -0.39 is 5.60 Å². The number of ether oxygens (including phenoxy) is 1. The molecule has 1 amide bonds. The van der Waals surface area contributed by atoms with Crippen LogP contribution in [0.5, 0.6) is 0 Å². The Balaban J connectivity index is 1.90. The van der Waals surface area contributed by atoms with Gasteiger partial charge in [-0.1, -0.05) is 35.3 Å². The van der Waals surface area contributed by atoms with Crippen LogP contribution >= 0.6 is 23.2 Å². The van der Waals surface area contributed by atoms with Crippen LogP contribution < -0.4 is 10.6 Å². The lowest BCUT2D eigenvalue weighted by molar-refractivity contribution is -0.146. The fourth-order valence-corrected chi connectivity index (χ4v) is 2.98. The van der Waals surface area contributed by atoms with Crippen molar-refractivity contribution in [1.82, 2.24) is 10.6 Å². The van der Waals surface area contributed by atoms with E-state index in [2.05, 4.69) is 10.6 Å². The molecule has 1 aliphatic rings. The summed E-state index contributed by atoms with van der Waals surface area (Å²) in [6.07, 6.45) is 2.02. The van der Waals surface area contributed by atoms with E-state index in [1.54, 1.807) is 13.2 Å². The Hall–Kier alpha value is -0.810. The van der Waals surface area contributed by atoms with Crippen molar-refractivity contribution in [3.05, 3.63) is 33.8 Å². The van der Waals surface area contributed by atoms with Gasteiger partial charge < -0.3 is 15.4 Å². The van der Waals surface area contributed by atoms with Crippen LogP contribution in [0.3, 0.4) is 0 Å². The fourth-order valence-electron chi connectivity index (χ4n) is 2.57. The van der Waals surface area contributed by atoms with Crippen LogP contribution in [0.2, 0.25) is 10.0 Å². The van der Waals surface area contributed by atoms with Gasteiger partial charge in [0.05, 0.1) is 10.0 Å². The molecule has 1 fully saturated rings. The summed E-state index contributed by atoms with van der Waals surface area (Å²) in [4.78, 5) is 12.4. The first-order valence-corrected chi connectivity index (χ1v) is 7.82. The summed E-state index contributed by atoms with van der Waals surface area (Å²) in [5.74, 6) is -0.0512. The quantitative estimate of drug-likeness (QED) is 0.871. The normalized spacial score (nSPS) is 17.5. The van der Waals surface area contributed by atoms with Crippen LogP contribution in [0.25, 0.3) is 0 Å². The minimum absolute atomic E-state index is 0.0512. The first kappa shape index (κ1) is 16.6. The van der Waals surface area contributed by atoms with Gasteiger partial charge in [0, 0.05) is 13.7 Å². The van der Waals surface area contributed by atoms with Crippen molar-refractivity contribution in [2.45, 2.75) is 24.9 Å². The van der Waals surface area contributed by atoms with Crippen molar-refractivity contribution in [3.63, 3.8) is 0 Å². The van der Waals surface area contributed by atoms with E-state index in [0.717, 1.165) is 18.7 Å². The first-order chi connectivity index (χ1) is 10.1. The lowest BCUT2D eigenvalue weighted by Crippen LogP contribution is -2.54. The van der Waals surface area contributed by atoms with Gasteiger partial charge in [-0.3, -0.25) is 4.79 Å². The van der Waals surface area contributed by atoms with Crippen molar-refractivity contribution >= 4 is 29.1 Å². The van der Waals surface area contributed by atoms with Gasteiger partial charge in [-0.2, -0.15) is 0 Å². The van der Waals surface area contributed by atoms with Crippen molar-refractivity contribution < 1.29 is 9.53 Å². The molecule has 1 saturated heterocycles. The molecule has 21 heavy (non-hydrogen) atoms. The highest BCUT2D eigenvalue weighted by Gasteiger charge is 2.39. The molecular weight excluding hydrogens is 311 g/mol. The molecule has 1 aliphatic heterocycles. The average Bonchev–Trinajstić information content (AvgIpc) is 2.52. The Morgan fingerprint density at radius 1 is 1.38 bits per heavy atom. The van der Waals surface area contributed by atoms with Crippen molar-refractivity contribution in [2.24, 2.45) is 0 Å². The predicted molar refractivity (Wildman–Crippen MR) is 85.0 cm³/mol. The van der Waals surface area contributed by atoms with E-state index in [1.165, 1.54) is 0 Å². The maximum atomic E-state index is 12.4. The number of methoxy groups -OCH3 is 1. The van der Waals surface area contributed by atoms with Gasteiger partial charge in [0.2, 0.25) is 0 Å². The van der Waals surface area contributed by atoms with Gasteiger partial charge in [-0.15, -0.1) is 0 Å². The molecule has 0 unspecified atom stereocenters. The summed E-state index contributed by atoms with van der Waals surface area (Å²) < 4.78 is 5.49. The summed E-state index contributed by atoms with van der Waals surface area (Å²) >= 11 is 12.1. The number of rotatable bonds is 5. The molecule has 6 heteroatoms. The number of halogens is 2. The van der Waals surface area contributed by atoms with Gasteiger partial charge in [0.15, 0.2) is 0 Å². The maximum absolute atomic E-state index is 12.4. The standard InChI is InChI=1S/C15H20Cl2N2O2/c1-21-15(6-9-18-10-7-15)14(20)19-8-5-11-3-2-4-12(16)13(11)17/h2-4,18H,5-10H2,1H3,(H,19,20). The molecule has 1 aromatic carbocycles. The second-order valence-corrected chi connectivity index (χ2v) is 5.95. The monoisotopic (exact) mass is 330 g/mol. The number of carbonyl (C=O) groups is 1. The lowest BCUT2D eigenvalue weighted by Gasteiger charge is -2.34. The van der Waals surface area contributed by atoms with Gasteiger partial charge >= 0.3 is 0 Å². The van der Waals surface area contributed by atoms with Crippen LogP contribution in [0.15, 0.2) is 18.2 Å². The Kier molecular flexibility index (Phi) is 5.88. The molecule has 2 rings (SSSR count). The predicted octanol–water partition coefficient (Wildman–Crippen LogP) is 2.42. The number of hydrogen-bond donors (Lipinski definition) is 2. The third kappa shape index (κ3) is 3.89. The summed E-state index contributed by atoms with van der Waals surface area (Å²) in [6, 6.07) is 5.52. The zero-order valence-corrected chi connectivity index (χ0v) is 13.6. The largest absolute Gasteiger partial charge is 0.368 e. The number of nitrogens with one attached hydrogen (secondary N) is 2. The first-order valence-electron chi connectivity index (χ1n) is 7.06. The molecular formula is C15H20Cl2N2O2. The molecule has 1 aromatic rings. The summed E-state index contributed by atoms with van der Waals surface area (Å²) in [5, 5.41) is 7.27. The van der Waals surface area contributed by atoms with Crippen LogP contribution in [-0.4, -0.2) is 38.3 Å².